The van der Waals surface area contributed by atoms with Crippen molar-refractivity contribution < 1.29 is 4.39 Å². The standard InChI is InChI=1S/C10H10ClFN2/c11-14-5-2-8(3-6-14)9-1-4-13-7-10(9)12/h1-2,4,7H,3,5-6H2. The lowest BCUT2D eigenvalue weighted by molar-refractivity contribution is 0.498. The Morgan fingerprint density at radius 3 is 3.00 bits per heavy atom. The summed E-state index contributed by atoms with van der Waals surface area (Å²) in [4.78, 5) is 3.72. The van der Waals surface area contributed by atoms with Crippen molar-refractivity contribution in [1.29, 1.82) is 0 Å². The van der Waals surface area contributed by atoms with Crippen molar-refractivity contribution in [3.05, 3.63) is 35.9 Å². The molecule has 0 bridgehead atoms. The maximum Gasteiger partial charge on any atom is 0.148 e. The van der Waals surface area contributed by atoms with Crippen molar-refractivity contribution in [2.24, 2.45) is 0 Å². The van der Waals surface area contributed by atoms with Crippen LogP contribution in [0.25, 0.3) is 5.57 Å². The third kappa shape index (κ3) is 1.94. The van der Waals surface area contributed by atoms with Crippen LogP contribution in [0.3, 0.4) is 0 Å². The number of pyridine rings is 1. The molecule has 1 aromatic heterocycles. The van der Waals surface area contributed by atoms with Crippen LogP contribution in [0.2, 0.25) is 0 Å². The van der Waals surface area contributed by atoms with E-state index in [0.717, 1.165) is 18.5 Å². The molecule has 0 unspecified atom stereocenters. The Hall–Kier alpha value is -0.930. The van der Waals surface area contributed by atoms with Crippen molar-refractivity contribution in [1.82, 2.24) is 9.40 Å². The van der Waals surface area contributed by atoms with E-state index >= 15 is 0 Å². The van der Waals surface area contributed by atoms with Gasteiger partial charge in [0.1, 0.15) is 5.82 Å². The fourth-order valence-corrected chi connectivity index (χ4v) is 1.68. The fourth-order valence-electron chi connectivity index (χ4n) is 1.52. The smallest absolute Gasteiger partial charge is 0.148 e. The molecule has 0 amide bonds. The van der Waals surface area contributed by atoms with Gasteiger partial charge in [-0.1, -0.05) is 6.08 Å². The zero-order chi connectivity index (χ0) is 9.97. The highest BCUT2D eigenvalue weighted by molar-refractivity contribution is 6.13. The summed E-state index contributed by atoms with van der Waals surface area (Å²) in [5.41, 5.74) is 1.66. The second-order valence-corrected chi connectivity index (χ2v) is 3.68. The van der Waals surface area contributed by atoms with Crippen molar-refractivity contribution in [3.8, 4) is 0 Å². The van der Waals surface area contributed by atoms with E-state index < -0.39 is 0 Å². The average molecular weight is 213 g/mol. The van der Waals surface area contributed by atoms with E-state index in [-0.39, 0.29) is 5.82 Å². The quantitative estimate of drug-likeness (QED) is 0.665. The largest absolute Gasteiger partial charge is 0.262 e. The van der Waals surface area contributed by atoms with Crippen LogP contribution in [0.1, 0.15) is 12.0 Å². The average Bonchev–Trinajstić information content (AvgIpc) is 2.20. The van der Waals surface area contributed by atoms with Crippen LogP contribution in [0.15, 0.2) is 24.5 Å². The summed E-state index contributed by atoms with van der Waals surface area (Å²) in [5, 5.41) is 0. The van der Waals surface area contributed by atoms with Crippen molar-refractivity contribution >= 4 is 17.3 Å². The van der Waals surface area contributed by atoms with Crippen LogP contribution in [-0.2, 0) is 0 Å². The number of rotatable bonds is 1. The molecule has 1 aromatic rings. The van der Waals surface area contributed by atoms with E-state index in [4.69, 9.17) is 11.8 Å². The van der Waals surface area contributed by atoms with Crippen LogP contribution in [0, 0.1) is 5.82 Å². The highest BCUT2D eigenvalue weighted by Gasteiger charge is 2.13. The third-order valence-electron chi connectivity index (χ3n) is 2.28. The summed E-state index contributed by atoms with van der Waals surface area (Å²) in [7, 11) is 0. The number of halogens is 2. The van der Waals surface area contributed by atoms with Gasteiger partial charge < -0.3 is 0 Å². The number of nitrogens with zero attached hydrogens (tertiary/aromatic N) is 2. The first kappa shape index (κ1) is 9.62. The summed E-state index contributed by atoms with van der Waals surface area (Å²) in [6.07, 6.45) is 5.58. The molecule has 0 fully saturated rings. The molecule has 0 N–H and O–H groups in total. The van der Waals surface area contributed by atoms with Crippen molar-refractivity contribution in [3.63, 3.8) is 0 Å². The predicted molar refractivity (Wildman–Crippen MR) is 54.2 cm³/mol. The van der Waals surface area contributed by atoms with Gasteiger partial charge >= 0.3 is 0 Å². The zero-order valence-corrected chi connectivity index (χ0v) is 8.34. The lowest BCUT2D eigenvalue weighted by atomic mass is 10.0. The lowest BCUT2D eigenvalue weighted by Crippen LogP contribution is -2.18. The Balaban J connectivity index is 2.28. The van der Waals surface area contributed by atoms with E-state index in [9.17, 15) is 4.39 Å². The second-order valence-electron chi connectivity index (χ2n) is 3.20. The Labute approximate surface area is 87.1 Å². The second kappa shape index (κ2) is 4.07. The molecule has 4 heteroatoms. The van der Waals surface area contributed by atoms with Gasteiger partial charge in [-0.25, -0.2) is 8.81 Å². The van der Waals surface area contributed by atoms with Gasteiger partial charge in [0.05, 0.1) is 6.20 Å². The van der Waals surface area contributed by atoms with Gasteiger partial charge in [0.15, 0.2) is 0 Å². The minimum absolute atomic E-state index is 0.262. The van der Waals surface area contributed by atoms with Crippen molar-refractivity contribution in [2.75, 3.05) is 13.1 Å². The molecular formula is C10H10ClFN2. The van der Waals surface area contributed by atoms with Gasteiger partial charge in [-0.05, 0) is 29.8 Å². The summed E-state index contributed by atoms with van der Waals surface area (Å²) in [6.45, 7) is 1.42. The molecule has 0 saturated heterocycles. The van der Waals surface area contributed by atoms with E-state index in [1.54, 1.807) is 16.7 Å². The molecule has 0 atom stereocenters. The van der Waals surface area contributed by atoms with Gasteiger partial charge in [0, 0.05) is 24.8 Å². The first-order valence-electron chi connectivity index (χ1n) is 4.47. The molecule has 2 rings (SSSR count). The molecule has 0 aromatic carbocycles. The maximum atomic E-state index is 13.3. The van der Waals surface area contributed by atoms with Crippen LogP contribution < -0.4 is 0 Å². The highest BCUT2D eigenvalue weighted by Crippen LogP contribution is 2.24. The first-order valence-corrected chi connectivity index (χ1v) is 4.81. The fraction of sp³-hybridized carbons (Fsp3) is 0.300. The molecule has 0 radical (unpaired) electrons. The highest BCUT2D eigenvalue weighted by atomic mass is 35.5. The Morgan fingerprint density at radius 1 is 1.50 bits per heavy atom. The molecule has 1 aliphatic heterocycles. The van der Waals surface area contributed by atoms with E-state index in [1.807, 2.05) is 6.08 Å². The number of hydrogen-bond donors (Lipinski definition) is 0. The van der Waals surface area contributed by atoms with E-state index in [0.29, 0.717) is 12.1 Å². The van der Waals surface area contributed by atoms with Crippen LogP contribution in [0.5, 0.6) is 0 Å². The van der Waals surface area contributed by atoms with E-state index in [2.05, 4.69) is 4.98 Å². The molecule has 2 heterocycles. The summed E-state index contributed by atoms with van der Waals surface area (Å²) in [6, 6.07) is 1.70. The van der Waals surface area contributed by atoms with Gasteiger partial charge in [0.2, 0.25) is 0 Å². The molecule has 14 heavy (non-hydrogen) atoms. The van der Waals surface area contributed by atoms with E-state index in [1.165, 1.54) is 6.20 Å². The molecular weight excluding hydrogens is 203 g/mol. The zero-order valence-electron chi connectivity index (χ0n) is 7.58. The van der Waals surface area contributed by atoms with Crippen LogP contribution in [-0.4, -0.2) is 22.5 Å². The van der Waals surface area contributed by atoms with Gasteiger partial charge in [-0.2, -0.15) is 0 Å². The first-order chi connectivity index (χ1) is 6.77. The summed E-state index contributed by atoms with van der Waals surface area (Å²) < 4.78 is 15.0. The molecule has 74 valence electrons. The maximum absolute atomic E-state index is 13.3. The normalized spacial score (nSPS) is 18.0. The Morgan fingerprint density at radius 2 is 2.36 bits per heavy atom. The minimum atomic E-state index is -0.262. The van der Waals surface area contributed by atoms with Gasteiger partial charge in [-0.3, -0.25) is 4.98 Å². The minimum Gasteiger partial charge on any atom is -0.262 e. The third-order valence-corrected chi connectivity index (χ3v) is 2.59. The summed E-state index contributed by atoms with van der Waals surface area (Å²) >= 11 is 5.79. The molecule has 0 spiro atoms. The molecule has 1 aliphatic rings. The SMILES string of the molecule is Fc1cnccc1C1=CCN(Cl)CC1. The summed E-state index contributed by atoms with van der Waals surface area (Å²) in [5.74, 6) is -0.262. The van der Waals surface area contributed by atoms with Gasteiger partial charge in [-0.15, -0.1) is 0 Å². The molecule has 0 aliphatic carbocycles. The lowest BCUT2D eigenvalue weighted by Gasteiger charge is -2.19. The van der Waals surface area contributed by atoms with Gasteiger partial charge in [0.25, 0.3) is 0 Å². The molecule has 0 saturated carbocycles. The monoisotopic (exact) mass is 212 g/mol. The predicted octanol–water partition coefficient (Wildman–Crippen LogP) is 2.46. The van der Waals surface area contributed by atoms with Crippen molar-refractivity contribution in [2.45, 2.75) is 6.42 Å². The molecule has 2 nitrogen and oxygen atoms in total. The number of hydrogen-bond acceptors (Lipinski definition) is 2. The Bertz CT molecular complexity index is 365. The number of aromatic nitrogens is 1. The van der Waals surface area contributed by atoms with Crippen LogP contribution >= 0.6 is 11.8 Å². The topological polar surface area (TPSA) is 16.1 Å². The van der Waals surface area contributed by atoms with Crippen LogP contribution in [0.4, 0.5) is 4.39 Å². The Kier molecular flexibility index (Phi) is 2.79.